The van der Waals surface area contributed by atoms with Crippen molar-refractivity contribution in [2.24, 2.45) is 5.92 Å². The van der Waals surface area contributed by atoms with Gasteiger partial charge in [-0.1, -0.05) is 30.3 Å². The first-order valence-electron chi connectivity index (χ1n) is 13.9. The lowest BCUT2D eigenvalue weighted by molar-refractivity contribution is -0.137. The number of carbonyl (C=O) groups is 2. The Bertz CT molecular complexity index is 1250. The van der Waals surface area contributed by atoms with Crippen LogP contribution in [0.2, 0.25) is 0 Å². The van der Waals surface area contributed by atoms with Crippen LogP contribution in [0.25, 0.3) is 11.1 Å². The van der Waals surface area contributed by atoms with Crippen LogP contribution in [0.5, 0.6) is 0 Å². The van der Waals surface area contributed by atoms with Crippen molar-refractivity contribution >= 4 is 29.9 Å². The summed E-state index contributed by atoms with van der Waals surface area (Å²) in [6.07, 6.45) is 7.78. The number of carbonyl (C=O) groups excluding carboxylic acids is 2. The van der Waals surface area contributed by atoms with Gasteiger partial charge in [0.25, 0.3) is 5.91 Å². The third-order valence-corrected chi connectivity index (χ3v) is 8.04. The van der Waals surface area contributed by atoms with Gasteiger partial charge in [-0.05, 0) is 55.0 Å². The molecule has 1 aromatic heterocycles. The van der Waals surface area contributed by atoms with Crippen molar-refractivity contribution < 1.29 is 9.59 Å². The molecular weight excluding hydrogens is 512 g/mol. The van der Waals surface area contributed by atoms with Gasteiger partial charge in [-0.3, -0.25) is 14.7 Å². The molecule has 206 valence electrons. The van der Waals surface area contributed by atoms with E-state index in [0.29, 0.717) is 19.1 Å². The SMILES string of the molecule is Cl.O=C(c1cccc(N2CCC[C@H](C(=O)N(Cc3ccc(-c4cn[nH]c4)cc3)C3CC3)C2)c1)N1CCNCC1. The minimum atomic E-state index is -0.0259. The Labute approximate surface area is 236 Å². The Morgan fingerprint density at radius 1 is 0.974 bits per heavy atom. The molecule has 0 spiro atoms. The maximum atomic E-state index is 13.8. The van der Waals surface area contributed by atoms with Crippen LogP contribution in [0.1, 0.15) is 41.6 Å². The van der Waals surface area contributed by atoms with E-state index in [2.05, 4.69) is 55.6 Å². The second kappa shape index (κ2) is 12.2. The van der Waals surface area contributed by atoms with Crippen LogP contribution in [-0.2, 0) is 11.3 Å². The Hall–Kier alpha value is -3.36. The molecule has 3 fully saturated rings. The van der Waals surface area contributed by atoms with Crippen LogP contribution >= 0.6 is 12.4 Å². The van der Waals surface area contributed by atoms with Gasteiger partial charge in [0.2, 0.25) is 5.91 Å². The molecule has 2 aromatic carbocycles. The maximum Gasteiger partial charge on any atom is 0.254 e. The van der Waals surface area contributed by atoms with Crippen molar-refractivity contribution in [2.45, 2.75) is 38.3 Å². The second-order valence-electron chi connectivity index (χ2n) is 10.8. The van der Waals surface area contributed by atoms with Gasteiger partial charge < -0.3 is 20.0 Å². The molecule has 1 atom stereocenters. The maximum absolute atomic E-state index is 13.8. The first-order valence-corrected chi connectivity index (χ1v) is 13.9. The largest absolute Gasteiger partial charge is 0.371 e. The normalized spacial score (nSPS) is 19.3. The number of piperidine rings is 1. The number of rotatable bonds is 7. The summed E-state index contributed by atoms with van der Waals surface area (Å²) in [5.74, 6) is 0.336. The van der Waals surface area contributed by atoms with Gasteiger partial charge in [0.05, 0.1) is 12.1 Å². The molecule has 9 heteroatoms. The molecule has 2 saturated heterocycles. The number of amides is 2. The van der Waals surface area contributed by atoms with Crippen molar-refractivity contribution in [1.82, 2.24) is 25.3 Å². The number of anilines is 1. The lowest BCUT2D eigenvalue weighted by Crippen LogP contribution is -2.46. The molecule has 1 saturated carbocycles. The van der Waals surface area contributed by atoms with Crippen LogP contribution in [-0.4, -0.2) is 77.1 Å². The van der Waals surface area contributed by atoms with Crippen molar-refractivity contribution in [3.63, 3.8) is 0 Å². The van der Waals surface area contributed by atoms with Gasteiger partial charge in [0.1, 0.15) is 0 Å². The average Bonchev–Trinajstić information content (AvgIpc) is 3.68. The lowest BCUT2D eigenvalue weighted by Gasteiger charge is -2.36. The molecule has 8 nitrogen and oxygen atoms in total. The standard InChI is InChI=1S/C30H36N6O2.ClH/c37-29(34-15-12-31-13-16-34)24-3-1-5-28(17-24)35-14-2-4-25(21-35)30(38)36(27-10-11-27)20-22-6-8-23(9-7-22)26-18-32-33-19-26;/h1,3,5-9,17-19,25,27,31H,2,4,10-16,20-21H2,(H,32,33);1H/t25-;/m0./s1. The molecule has 3 aromatic rings. The minimum Gasteiger partial charge on any atom is -0.371 e. The number of benzene rings is 2. The number of halogens is 1. The van der Waals surface area contributed by atoms with E-state index in [4.69, 9.17) is 0 Å². The Morgan fingerprint density at radius 2 is 1.77 bits per heavy atom. The van der Waals surface area contributed by atoms with Gasteiger partial charge >= 0.3 is 0 Å². The number of nitrogens with one attached hydrogen (secondary N) is 2. The topological polar surface area (TPSA) is 84.6 Å². The molecule has 6 rings (SSSR count). The van der Waals surface area contributed by atoms with E-state index in [1.807, 2.05) is 35.5 Å². The van der Waals surface area contributed by atoms with Crippen molar-refractivity contribution in [3.8, 4) is 11.1 Å². The number of piperazine rings is 1. The summed E-state index contributed by atoms with van der Waals surface area (Å²) in [6, 6.07) is 16.8. The number of hydrogen-bond acceptors (Lipinski definition) is 5. The summed E-state index contributed by atoms with van der Waals surface area (Å²) < 4.78 is 0. The Morgan fingerprint density at radius 3 is 2.49 bits per heavy atom. The number of hydrogen-bond donors (Lipinski definition) is 2. The van der Waals surface area contributed by atoms with Crippen LogP contribution < -0.4 is 10.2 Å². The third kappa shape index (κ3) is 6.28. The highest BCUT2D eigenvalue weighted by Crippen LogP contribution is 2.33. The quantitative estimate of drug-likeness (QED) is 0.467. The molecule has 3 aliphatic rings. The van der Waals surface area contributed by atoms with E-state index in [9.17, 15) is 9.59 Å². The summed E-state index contributed by atoms with van der Waals surface area (Å²) in [5, 5.41) is 10.2. The molecule has 2 amide bonds. The number of aromatic nitrogens is 2. The first kappa shape index (κ1) is 27.2. The zero-order valence-corrected chi connectivity index (χ0v) is 23.0. The van der Waals surface area contributed by atoms with Gasteiger partial charge in [-0.15, -0.1) is 12.4 Å². The van der Waals surface area contributed by atoms with Crippen LogP contribution in [0, 0.1) is 5.92 Å². The predicted octanol–water partition coefficient (Wildman–Crippen LogP) is 3.95. The van der Waals surface area contributed by atoms with Crippen LogP contribution in [0.3, 0.4) is 0 Å². The monoisotopic (exact) mass is 548 g/mol. The smallest absolute Gasteiger partial charge is 0.254 e. The van der Waals surface area contributed by atoms with E-state index in [0.717, 1.165) is 86.3 Å². The van der Waals surface area contributed by atoms with Crippen LogP contribution in [0.4, 0.5) is 5.69 Å². The fourth-order valence-electron chi connectivity index (χ4n) is 5.72. The Kier molecular flexibility index (Phi) is 8.53. The zero-order chi connectivity index (χ0) is 25.9. The molecule has 0 bridgehead atoms. The van der Waals surface area contributed by atoms with Crippen molar-refractivity contribution in [1.29, 1.82) is 0 Å². The highest BCUT2D eigenvalue weighted by molar-refractivity contribution is 5.95. The average molecular weight is 549 g/mol. The molecular formula is C30H37ClN6O2. The number of aromatic amines is 1. The lowest BCUT2D eigenvalue weighted by atomic mass is 9.95. The highest BCUT2D eigenvalue weighted by atomic mass is 35.5. The molecule has 3 heterocycles. The van der Waals surface area contributed by atoms with Gasteiger partial charge in [0.15, 0.2) is 0 Å². The molecule has 0 radical (unpaired) electrons. The van der Waals surface area contributed by atoms with E-state index >= 15 is 0 Å². The van der Waals surface area contributed by atoms with Crippen LogP contribution in [0.15, 0.2) is 60.9 Å². The molecule has 0 unspecified atom stereocenters. The third-order valence-electron chi connectivity index (χ3n) is 8.04. The van der Waals surface area contributed by atoms with Gasteiger partial charge in [-0.2, -0.15) is 5.10 Å². The summed E-state index contributed by atoms with van der Waals surface area (Å²) in [7, 11) is 0. The first-order chi connectivity index (χ1) is 18.7. The second-order valence-corrected chi connectivity index (χ2v) is 10.8. The Balaban J connectivity index is 0.00000308. The van der Waals surface area contributed by atoms with Gasteiger partial charge in [-0.25, -0.2) is 0 Å². The predicted molar refractivity (Wildman–Crippen MR) is 155 cm³/mol. The van der Waals surface area contributed by atoms with Crippen molar-refractivity contribution in [2.75, 3.05) is 44.2 Å². The summed E-state index contributed by atoms with van der Waals surface area (Å²) >= 11 is 0. The summed E-state index contributed by atoms with van der Waals surface area (Å²) in [5.41, 5.74) is 5.11. The number of H-pyrrole nitrogens is 1. The number of nitrogens with zero attached hydrogens (tertiary/aromatic N) is 4. The van der Waals surface area contributed by atoms with E-state index in [-0.39, 0.29) is 30.1 Å². The zero-order valence-electron chi connectivity index (χ0n) is 22.2. The molecule has 2 N–H and O–H groups in total. The summed E-state index contributed by atoms with van der Waals surface area (Å²) in [4.78, 5) is 33.2. The summed E-state index contributed by atoms with van der Waals surface area (Å²) in [6.45, 7) is 5.43. The molecule has 39 heavy (non-hydrogen) atoms. The van der Waals surface area contributed by atoms with E-state index < -0.39 is 0 Å². The highest BCUT2D eigenvalue weighted by Gasteiger charge is 2.37. The van der Waals surface area contributed by atoms with E-state index in [1.165, 1.54) is 0 Å². The van der Waals surface area contributed by atoms with E-state index in [1.54, 1.807) is 0 Å². The molecule has 1 aliphatic carbocycles. The minimum absolute atomic E-state index is 0. The van der Waals surface area contributed by atoms with Crippen molar-refractivity contribution in [3.05, 3.63) is 72.1 Å². The fourth-order valence-corrected chi connectivity index (χ4v) is 5.72. The molecule has 2 aliphatic heterocycles. The fraction of sp³-hybridized carbons (Fsp3) is 0.433. The van der Waals surface area contributed by atoms with Gasteiger partial charge in [0, 0.05) is 74.9 Å².